The first-order chi connectivity index (χ1) is 15.4. The fourth-order valence-electron chi connectivity index (χ4n) is 3.25. The summed E-state index contributed by atoms with van der Waals surface area (Å²) in [6.07, 6.45) is 1.40. The summed E-state index contributed by atoms with van der Waals surface area (Å²) in [5.41, 5.74) is 4.88. The van der Waals surface area contributed by atoms with Gasteiger partial charge in [0.2, 0.25) is 0 Å². The lowest BCUT2D eigenvalue weighted by atomic mass is 10.1. The second kappa shape index (κ2) is 8.85. The van der Waals surface area contributed by atoms with Crippen LogP contribution in [0.25, 0.3) is 6.08 Å². The summed E-state index contributed by atoms with van der Waals surface area (Å²) in [7, 11) is 0. The molecule has 0 aliphatic carbocycles. The molecule has 1 fully saturated rings. The van der Waals surface area contributed by atoms with Crippen molar-refractivity contribution in [2.75, 3.05) is 0 Å². The zero-order valence-electron chi connectivity index (χ0n) is 17.2. The molecule has 0 atom stereocenters. The number of hydrogen-bond acceptors (Lipinski definition) is 4. The molecule has 1 aliphatic rings. The van der Waals surface area contributed by atoms with Crippen molar-refractivity contribution < 1.29 is 23.5 Å². The van der Waals surface area contributed by atoms with E-state index >= 15 is 0 Å². The topological polar surface area (TPSA) is 75.7 Å². The molecular formula is C25H19FN2O4. The summed E-state index contributed by atoms with van der Waals surface area (Å²) in [6, 6.07) is 19.6. The highest BCUT2D eigenvalue weighted by Gasteiger charge is 2.38. The van der Waals surface area contributed by atoms with Crippen molar-refractivity contribution >= 4 is 23.8 Å². The van der Waals surface area contributed by atoms with Crippen LogP contribution < -0.4 is 10.2 Å². The first-order valence-electron chi connectivity index (χ1n) is 9.86. The van der Waals surface area contributed by atoms with Gasteiger partial charge in [-0.3, -0.25) is 19.8 Å². The molecule has 32 heavy (non-hydrogen) atoms. The third-order valence-electron chi connectivity index (χ3n) is 4.84. The van der Waals surface area contributed by atoms with Crippen molar-refractivity contribution in [1.29, 1.82) is 0 Å². The Kier molecular flexibility index (Phi) is 5.81. The largest absolute Gasteiger partial charge is 0.489 e. The van der Waals surface area contributed by atoms with E-state index in [2.05, 4.69) is 5.43 Å². The zero-order valence-corrected chi connectivity index (χ0v) is 17.2. The van der Waals surface area contributed by atoms with E-state index in [4.69, 9.17) is 4.74 Å². The maximum Gasteiger partial charge on any atom is 0.285 e. The summed E-state index contributed by atoms with van der Waals surface area (Å²) < 4.78 is 18.9. The lowest BCUT2D eigenvalue weighted by Gasteiger charge is -2.12. The van der Waals surface area contributed by atoms with Crippen LogP contribution in [0.3, 0.4) is 0 Å². The van der Waals surface area contributed by atoms with E-state index in [-0.39, 0.29) is 11.1 Å². The summed E-state index contributed by atoms with van der Waals surface area (Å²) in [5.74, 6) is -2.16. The van der Waals surface area contributed by atoms with Crippen LogP contribution in [-0.4, -0.2) is 22.7 Å². The van der Waals surface area contributed by atoms with Gasteiger partial charge >= 0.3 is 0 Å². The van der Waals surface area contributed by atoms with E-state index in [1.54, 1.807) is 24.3 Å². The highest BCUT2D eigenvalue weighted by Crippen LogP contribution is 2.21. The third-order valence-corrected chi connectivity index (χ3v) is 4.84. The second-order valence-corrected chi connectivity index (χ2v) is 7.30. The number of aryl methyl sites for hydroxylation is 1. The van der Waals surface area contributed by atoms with Crippen molar-refractivity contribution in [3.05, 3.63) is 106 Å². The monoisotopic (exact) mass is 430 g/mol. The molecule has 3 amide bonds. The van der Waals surface area contributed by atoms with Crippen LogP contribution in [-0.2, 0) is 16.2 Å². The SMILES string of the molecule is Cc1cccc(COc2cccc(/C=C3\C(=O)NN(C(=O)c4ccc(F)cc4)C3=O)c2)c1. The number of nitrogens with zero attached hydrogens (tertiary/aromatic N) is 1. The van der Waals surface area contributed by atoms with Gasteiger partial charge < -0.3 is 4.74 Å². The van der Waals surface area contributed by atoms with Crippen molar-refractivity contribution in [3.8, 4) is 5.75 Å². The molecule has 4 rings (SSSR count). The molecule has 7 heteroatoms. The van der Waals surface area contributed by atoms with Crippen molar-refractivity contribution in [1.82, 2.24) is 10.4 Å². The lowest BCUT2D eigenvalue weighted by molar-refractivity contribution is -0.125. The minimum absolute atomic E-state index is 0.0767. The predicted molar refractivity (Wildman–Crippen MR) is 116 cm³/mol. The number of hydrogen-bond donors (Lipinski definition) is 1. The fraction of sp³-hybridized carbons (Fsp3) is 0.0800. The first-order valence-corrected chi connectivity index (χ1v) is 9.86. The molecule has 0 spiro atoms. The highest BCUT2D eigenvalue weighted by molar-refractivity contribution is 6.30. The van der Waals surface area contributed by atoms with Crippen LogP contribution in [0.15, 0.2) is 78.4 Å². The Morgan fingerprint density at radius 1 is 1.03 bits per heavy atom. The average molecular weight is 430 g/mol. The Hall–Kier alpha value is -4.26. The van der Waals surface area contributed by atoms with Gasteiger partial charge in [-0.05, 0) is 60.5 Å². The van der Waals surface area contributed by atoms with Crippen LogP contribution in [0.2, 0.25) is 0 Å². The first kappa shape index (κ1) is 21.0. The van der Waals surface area contributed by atoms with E-state index < -0.39 is 23.5 Å². The molecule has 3 aromatic carbocycles. The fourth-order valence-corrected chi connectivity index (χ4v) is 3.25. The molecule has 1 aliphatic heterocycles. The number of carbonyl (C=O) groups is 3. The quantitative estimate of drug-likeness (QED) is 0.380. The Morgan fingerprint density at radius 2 is 1.78 bits per heavy atom. The van der Waals surface area contributed by atoms with Gasteiger partial charge in [0.15, 0.2) is 0 Å². The van der Waals surface area contributed by atoms with Gasteiger partial charge in [-0.15, -0.1) is 0 Å². The summed E-state index contributed by atoms with van der Waals surface area (Å²) in [5, 5.41) is 0.624. The van der Waals surface area contributed by atoms with Gasteiger partial charge in [-0.1, -0.05) is 42.0 Å². The van der Waals surface area contributed by atoms with Crippen molar-refractivity contribution in [2.45, 2.75) is 13.5 Å². The third kappa shape index (κ3) is 4.57. The number of benzene rings is 3. The molecule has 160 valence electrons. The number of rotatable bonds is 5. The molecule has 1 heterocycles. The number of imide groups is 1. The molecule has 6 nitrogen and oxygen atoms in total. The van der Waals surface area contributed by atoms with Crippen LogP contribution in [0.4, 0.5) is 4.39 Å². The van der Waals surface area contributed by atoms with Gasteiger partial charge in [-0.2, -0.15) is 5.01 Å². The molecule has 0 radical (unpaired) electrons. The van der Waals surface area contributed by atoms with Crippen LogP contribution in [0.1, 0.15) is 27.0 Å². The molecule has 0 aromatic heterocycles. The normalized spacial score (nSPS) is 14.6. The Morgan fingerprint density at radius 3 is 2.53 bits per heavy atom. The number of halogens is 1. The summed E-state index contributed by atoms with van der Waals surface area (Å²) >= 11 is 0. The predicted octanol–water partition coefficient (Wildman–Crippen LogP) is 3.81. The zero-order chi connectivity index (χ0) is 22.7. The van der Waals surface area contributed by atoms with Crippen LogP contribution >= 0.6 is 0 Å². The Balaban J connectivity index is 1.50. The van der Waals surface area contributed by atoms with Gasteiger partial charge in [0.05, 0.1) is 0 Å². The van der Waals surface area contributed by atoms with E-state index in [1.807, 2.05) is 31.2 Å². The van der Waals surface area contributed by atoms with E-state index in [9.17, 15) is 18.8 Å². The van der Waals surface area contributed by atoms with E-state index in [0.29, 0.717) is 22.9 Å². The van der Waals surface area contributed by atoms with Gasteiger partial charge in [0, 0.05) is 5.56 Å². The van der Waals surface area contributed by atoms with Crippen molar-refractivity contribution in [2.24, 2.45) is 0 Å². The maximum atomic E-state index is 13.1. The number of amides is 3. The molecule has 0 unspecified atom stereocenters. The minimum atomic E-state index is -0.782. The van der Waals surface area contributed by atoms with E-state index in [1.165, 1.54) is 18.2 Å². The number of carbonyl (C=O) groups excluding carboxylic acids is 3. The molecule has 1 saturated heterocycles. The molecule has 0 bridgehead atoms. The molecule has 0 saturated carbocycles. The van der Waals surface area contributed by atoms with E-state index in [0.717, 1.165) is 23.3 Å². The molecule has 3 aromatic rings. The Bertz CT molecular complexity index is 1230. The molecular weight excluding hydrogens is 411 g/mol. The van der Waals surface area contributed by atoms with Gasteiger partial charge in [0.25, 0.3) is 17.7 Å². The highest BCUT2D eigenvalue weighted by atomic mass is 19.1. The van der Waals surface area contributed by atoms with Gasteiger partial charge in [0.1, 0.15) is 23.7 Å². The minimum Gasteiger partial charge on any atom is -0.489 e. The smallest absolute Gasteiger partial charge is 0.285 e. The molecule has 1 N–H and O–H groups in total. The van der Waals surface area contributed by atoms with Crippen molar-refractivity contribution in [3.63, 3.8) is 0 Å². The van der Waals surface area contributed by atoms with Crippen LogP contribution in [0.5, 0.6) is 5.75 Å². The number of ether oxygens (including phenoxy) is 1. The Labute approximate surface area is 183 Å². The van der Waals surface area contributed by atoms with Gasteiger partial charge in [-0.25, -0.2) is 4.39 Å². The summed E-state index contributed by atoms with van der Waals surface area (Å²) in [6.45, 7) is 2.38. The number of hydrazine groups is 1. The summed E-state index contributed by atoms with van der Waals surface area (Å²) in [4.78, 5) is 37.5. The standard InChI is InChI=1S/C25H19FN2O4/c1-16-4-2-6-18(12-16)15-32-21-7-3-5-17(13-21)14-22-23(29)27-28(25(22)31)24(30)19-8-10-20(26)11-9-19/h2-14H,15H2,1H3,(H,27,29)/b22-14+. The van der Waals surface area contributed by atoms with Crippen LogP contribution in [0, 0.1) is 12.7 Å². The second-order valence-electron chi connectivity index (χ2n) is 7.30. The maximum absolute atomic E-state index is 13.1. The number of nitrogens with one attached hydrogen (secondary N) is 1. The average Bonchev–Trinajstić information content (AvgIpc) is 3.06. The lowest BCUT2D eigenvalue weighted by Crippen LogP contribution is -2.41.